The molecule has 0 spiro atoms. The number of methoxy groups -OCH3 is 1. The molecule has 0 radical (unpaired) electrons. The summed E-state index contributed by atoms with van der Waals surface area (Å²) >= 11 is 5.65. The lowest BCUT2D eigenvalue weighted by Gasteiger charge is -2.15. The van der Waals surface area contributed by atoms with Crippen molar-refractivity contribution >= 4 is 11.6 Å². The van der Waals surface area contributed by atoms with Crippen LogP contribution in [-0.4, -0.2) is 12.2 Å². The summed E-state index contributed by atoms with van der Waals surface area (Å²) in [5.41, 5.74) is 0.145. The van der Waals surface area contributed by atoms with Gasteiger partial charge in [0, 0.05) is 0 Å². The highest BCUT2D eigenvalue weighted by Gasteiger charge is 2.19. The number of aliphatic hydroxyl groups excluding tert-OH is 1. The zero-order valence-electron chi connectivity index (χ0n) is 8.76. The molecule has 0 aliphatic carbocycles. The van der Waals surface area contributed by atoms with E-state index in [1.165, 1.54) is 13.2 Å². The minimum absolute atomic E-state index is 0.000882. The van der Waals surface area contributed by atoms with Crippen molar-refractivity contribution < 1.29 is 14.2 Å². The van der Waals surface area contributed by atoms with E-state index in [0.717, 1.165) is 6.42 Å². The fraction of sp³-hybridized carbons (Fsp3) is 0.455. The maximum absolute atomic E-state index is 13.7. The third-order valence-electron chi connectivity index (χ3n) is 2.21. The third kappa shape index (κ3) is 2.61. The molecule has 0 heterocycles. The van der Waals surface area contributed by atoms with Gasteiger partial charge in [0.05, 0.1) is 23.8 Å². The Labute approximate surface area is 93.6 Å². The van der Waals surface area contributed by atoms with Gasteiger partial charge in [-0.1, -0.05) is 24.9 Å². The van der Waals surface area contributed by atoms with Crippen molar-refractivity contribution in [2.45, 2.75) is 25.9 Å². The van der Waals surface area contributed by atoms with Gasteiger partial charge in [-0.3, -0.25) is 0 Å². The second-order valence-corrected chi connectivity index (χ2v) is 3.69. The van der Waals surface area contributed by atoms with Crippen molar-refractivity contribution in [3.05, 3.63) is 28.5 Å². The fourth-order valence-corrected chi connectivity index (χ4v) is 1.62. The molecular formula is C11H14ClFO2. The van der Waals surface area contributed by atoms with Crippen LogP contribution in [0.15, 0.2) is 12.1 Å². The topological polar surface area (TPSA) is 29.5 Å². The molecule has 1 N–H and O–H groups in total. The summed E-state index contributed by atoms with van der Waals surface area (Å²) in [6, 6.07) is 2.97. The van der Waals surface area contributed by atoms with Crippen LogP contribution in [0.1, 0.15) is 31.4 Å². The lowest BCUT2D eigenvalue weighted by atomic mass is 10.0. The van der Waals surface area contributed by atoms with Gasteiger partial charge in [-0.05, 0) is 18.6 Å². The van der Waals surface area contributed by atoms with E-state index in [0.29, 0.717) is 12.2 Å². The second-order valence-electron chi connectivity index (χ2n) is 3.28. The average molecular weight is 233 g/mol. The van der Waals surface area contributed by atoms with Crippen molar-refractivity contribution in [3.63, 3.8) is 0 Å². The van der Waals surface area contributed by atoms with Crippen LogP contribution in [0, 0.1) is 5.82 Å². The second kappa shape index (κ2) is 5.33. The van der Waals surface area contributed by atoms with E-state index in [2.05, 4.69) is 0 Å². The summed E-state index contributed by atoms with van der Waals surface area (Å²) in [5, 5.41) is 9.76. The Bertz CT molecular complexity index is 342. The van der Waals surface area contributed by atoms with Crippen LogP contribution in [-0.2, 0) is 0 Å². The van der Waals surface area contributed by atoms with E-state index in [1.807, 2.05) is 6.92 Å². The molecule has 0 aliphatic rings. The highest BCUT2D eigenvalue weighted by atomic mass is 35.5. The lowest BCUT2D eigenvalue weighted by molar-refractivity contribution is 0.157. The molecule has 2 nitrogen and oxygen atoms in total. The summed E-state index contributed by atoms with van der Waals surface area (Å²) in [5.74, 6) is -0.269. The highest BCUT2D eigenvalue weighted by Crippen LogP contribution is 2.33. The quantitative estimate of drug-likeness (QED) is 0.863. The summed E-state index contributed by atoms with van der Waals surface area (Å²) in [7, 11) is 1.44. The zero-order valence-corrected chi connectivity index (χ0v) is 9.51. The first kappa shape index (κ1) is 12.3. The number of aliphatic hydroxyl groups is 1. The first-order valence-corrected chi connectivity index (χ1v) is 5.19. The number of rotatable bonds is 4. The Hall–Kier alpha value is -0.800. The molecule has 1 unspecified atom stereocenters. The van der Waals surface area contributed by atoms with Gasteiger partial charge in [-0.25, -0.2) is 4.39 Å². The van der Waals surface area contributed by atoms with Gasteiger partial charge >= 0.3 is 0 Å². The van der Waals surface area contributed by atoms with Crippen LogP contribution in [0.4, 0.5) is 4.39 Å². The molecule has 0 saturated heterocycles. The summed E-state index contributed by atoms with van der Waals surface area (Å²) in [6.07, 6.45) is 0.368. The Balaban J connectivity index is 3.17. The van der Waals surface area contributed by atoms with Crippen molar-refractivity contribution in [3.8, 4) is 5.75 Å². The van der Waals surface area contributed by atoms with Gasteiger partial charge in [-0.2, -0.15) is 0 Å². The molecule has 1 atom stereocenters. The predicted molar refractivity (Wildman–Crippen MR) is 57.8 cm³/mol. The SMILES string of the molecule is CCCC(O)c1c(OC)ccc(Cl)c1F. The maximum atomic E-state index is 13.7. The Morgan fingerprint density at radius 3 is 2.73 bits per heavy atom. The monoisotopic (exact) mass is 232 g/mol. The van der Waals surface area contributed by atoms with Crippen molar-refractivity contribution in [1.29, 1.82) is 0 Å². The van der Waals surface area contributed by atoms with Crippen LogP contribution in [0.2, 0.25) is 5.02 Å². The smallest absolute Gasteiger partial charge is 0.151 e. The number of hydrogen-bond acceptors (Lipinski definition) is 2. The van der Waals surface area contributed by atoms with E-state index in [-0.39, 0.29) is 10.6 Å². The Kier molecular flexibility index (Phi) is 4.36. The van der Waals surface area contributed by atoms with Crippen LogP contribution in [0.5, 0.6) is 5.75 Å². The molecule has 15 heavy (non-hydrogen) atoms. The van der Waals surface area contributed by atoms with Gasteiger partial charge in [0.25, 0.3) is 0 Å². The molecule has 0 fully saturated rings. The molecule has 0 amide bonds. The molecule has 0 saturated carbocycles. The largest absolute Gasteiger partial charge is 0.496 e. The lowest BCUT2D eigenvalue weighted by Crippen LogP contribution is -2.04. The van der Waals surface area contributed by atoms with Crippen LogP contribution < -0.4 is 4.74 Å². The first-order chi connectivity index (χ1) is 7.11. The summed E-state index contributed by atoms with van der Waals surface area (Å²) in [6.45, 7) is 1.91. The summed E-state index contributed by atoms with van der Waals surface area (Å²) in [4.78, 5) is 0. The van der Waals surface area contributed by atoms with Gasteiger partial charge in [-0.15, -0.1) is 0 Å². The third-order valence-corrected chi connectivity index (χ3v) is 2.50. The molecule has 1 rings (SSSR count). The number of ether oxygens (including phenoxy) is 1. The molecule has 0 aromatic heterocycles. The van der Waals surface area contributed by atoms with E-state index in [9.17, 15) is 9.50 Å². The molecule has 84 valence electrons. The fourth-order valence-electron chi connectivity index (χ4n) is 1.45. The predicted octanol–water partition coefficient (Wildman–Crippen LogP) is 3.32. The zero-order chi connectivity index (χ0) is 11.4. The Morgan fingerprint density at radius 2 is 2.20 bits per heavy atom. The molecule has 0 bridgehead atoms. The van der Waals surface area contributed by atoms with E-state index in [1.54, 1.807) is 6.07 Å². The number of hydrogen-bond donors (Lipinski definition) is 1. The van der Waals surface area contributed by atoms with E-state index in [4.69, 9.17) is 16.3 Å². The normalized spacial score (nSPS) is 12.6. The maximum Gasteiger partial charge on any atom is 0.151 e. The number of benzene rings is 1. The molecule has 0 aliphatic heterocycles. The van der Waals surface area contributed by atoms with E-state index < -0.39 is 11.9 Å². The molecule has 1 aromatic rings. The minimum Gasteiger partial charge on any atom is -0.496 e. The molecular weight excluding hydrogens is 219 g/mol. The average Bonchev–Trinajstić information content (AvgIpc) is 2.22. The minimum atomic E-state index is -0.872. The van der Waals surface area contributed by atoms with Gasteiger partial charge in [0.2, 0.25) is 0 Å². The van der Waals surface area contributed by atoms with Crippen molar-refractivity contribution in [2.24, 2.45) is 0 Å². The van der Waals surface area contributed by atoms with E-state index >= 15 is 0 Å². The van der Waals surface area contributed by atoms with Gasteiger partial charge in [0.1, 0.15) is 5.75 Å². The standard InChI is InChI=1S/C11H14ClFO2/c1-3-4-8(14)10-9(15-2)6-5-7(12)11(10)13/h5-6,8,14H,3-4H2,1-2H3. The van der Waals surface area contributed by atoms with Crippen molar-refractivity contribution in [2.75, 3.05) is 7.11 Å². The van der Waals surface area contributed by atoms with Gasteiger partial charge < -0.3 is 9.84 Å². The first-order valence-electron chi connectivity index (χ1n) is 4.81. The van der Waals surface area contributed by atoms with Crippen LogP contribution >= 0.6 is 11.6 Å². The number of halogens is 2. The molecule has 4 heteroatoms. The summed E-state index contributed by atoms with van der Waals surface area (Å²) < 4.78 is 18.6. The molecule has 1 aromatic carbocycles. The highest BCUT2D eigenvalue weighted by molar-refractivity contribution is 6.30. The van der Waals surface area contributed by atoms with Crippen LogP contribution in [0.25, 0.3) is 0 Å². The van der Waals surface area contributed by atoms with Crippen LogP contribution in [0.3, 0.4) is 0 Å². The van der Waals surface area contributed by atoms with Crippen molar-refractivity contribution in [1.82, 2.24) is 0 Å². The van der Waals surface area contributed by atoms with Gasteiger partial charge in [0.15, 0.2) is 5.82 Å². The Morgan fingerprint density at radius 1 is 1.53 bits per heavy atom.